The largest absolute Gasteiger partial charge is 0.491 e. The van der Waals surface area contributed by atoms with Crippen molar-refractivity contribution in [1.82, 2.24) is 14.5 Å². The van der Waals surface area contributed by atoms with Gasteiger partial charge < -0.3 is 9.64 Å². The standard InChI is InChI=1S/C21H26ClN3O4S/c1-17(23-30(27,28)18-7-3-2-4-8-18)21(26)25-13-11-24(12-14-25)15-16-29-20-10-6-5-9-19(20)22/h2-10,17,23H,11-16H2,1H3/t17-/m0/s1. The van der Waals surface area contributed by atoms with Crippen molar-refractivity contribution in [2.24, 2.45) is 0 Å². The van der Waals surface area contributed by atoms with Crippen molar-refractivity contribution in [3.05, 3.63) is 59.6 Å². The minimum Gasteiger partial charge on any atom is -0.491 e. The van der Waals surface area contributed by atoms with Crippen LogP contribution < -0.4 is 9.46 Å². The first-order valence-electron chi connectivity index (χ1n) is 9.82. The zero-order valence-electron chi connectivity index (χ0n) is 16.8. The molecule has 1 N–H and O–H groups in total. The van der Waals surface area contributed by atoms with Gasteiger partial charge in [-0.2, -0.15) is 4.72 Å². The number of carbonyl (C=O) groups excluding carboxylic acids is 1. The molecular formula is C21H26ClN3O4S. The highest BCUT2D eigenvalue weighted by Crippen LogP contribution is 2.23. The molecule has 1 atom stereocenters. The van der Waals surface area contributed by atoms with Gasteiger partial charge in [-0.05, 0) is 31.2 Å². The number of sulfonamides is 1. The Bertz CT molecular complexity index is 948. The van der Waals surface area contributed by atoms with E-state index in [0.29, 0.717) is 43.6 Å². The molecule has 1 heterocycles. The number of piperazine rings is 1. The SMILES string of the molecule is C[C@H](NS(=O)(=O)c1ccccc1)C(=O)N1CCN(CCOc2ccccc2Cl)CC1. The van der Waals surface area contributed by atoms with Crippen LogP contribution in [0, 0.1) is 0 Å². The third kappa shape index (κ3) is 5.95. The third-order valence-corrected chi connectivity index (χ3v) is 6.81. The monoisotopic (exact) mass is 451 g/mol. The summed E-state index contributed by atoms with van der Waals surface area (Å²) in [5.41, 5.74) is 0. The van der Waals surface area contributed by atoms with Crippen LogP contribution >= 0.6 is 11.6 Å². The fourth-order valence-electron chi connectivity index (χ4n) is 3.26. The predicted molar refractivity (Wildman–Crippen MR) is 116 cm³/mol. The summed E-state index contributed by atoms with van der Waals surface area (Å²) in [6.45, 7) is 5.30. The molecule has 0 spiro atoms. The predicted octanol–water partition coefficient (Wildman–Crippen LogP) is 2.23. The van der Waals surface area contributed by atoms with Crippen molar-refractivity contribution >= 4 is 27.5 Å². The van der Waals surface area contributed by atoms with E-state index in [1.165, 1.54) is 12.1 Å². The van der Waals surface area contributed by atoms with E-state index in [1.807, 2.05) is 18.2 Å². The number of hydrogen-bond acceptors (Lipinski definition) is 5. The summed E-state index contributed by atoms with van der Waals surface area (Å²) in [7, 11) is -3.73. The number of ether oxygens (including phenoxy) is 1. The van der Waals surface area contributed by atoms with Crippen LogP contribution in [-0.4, -0.2) is 69.5 Å². The normalized spacial score (nSPS) is 16.3. The van der Waals surface area contributed by atoms with Gasteiger partial charge in [0.15, 0.2) is 0 Å². The average Bonchev–Trinajstić information content (AvgIpc) is 2.75. The molecule has 0 aromatic heterocycles. The molecule has 1 fully saturated rings. The van der Waals surface area contributed by atoms with Crippen LogP contribution in [0.25, 0.3) is 0 Å². The van der Waals surface area contributed by atoms with Gasteiger partial charge in [0, 0.05) is 32.7 Å². The molecule has 1 aliphatic rings. The van der Waals surface area contributed by atoms with Crippen molar-refractivity contribution < 1.29 is 17.9 Å². The van der Waals surface area contributed by atoms with Gasteiger partial charge in [0.1, 0.15) is 12.4 Å². The molecule has 0 aliphatic carbocycles. The summed E-state index contributed by atoms with van der Waals surface area (Å²) in [5, 5.41) is 0.583. The molecular weight excluding hydrogens is 426 g/mol. The Balaban J connectivity index is 1.44. The van der Waals surface area contributed by atoms with Crippen LogP contribution in [0.1, 0.15) is 6.92 Å². The zero-order chi connectivity index (χ0) is 21.6. The van der Waals surface area contributed by atoms with E-state index in [2.05, 4.69) is 9.62 Å². The molecule has 3 rings (SSSR count). The molecule has 0 bridgehead atoms. The topological polar surface area (TPSA) is 79.0 Å². The fraction of sp³-hybridized carbons (Fsp3) is 0.381. The van der Waals surface area contributed by atoms with Crippen LogP contribution in [0.5, 0.6) is 5.75 Å². The average molecular weight is 452 g/mol. The number of hydrogen-bond donors (Lipinski definition) is 1. The molecule has 2 aromatic carbocycles. The summed E-state index contributed by atoms with van der Waals surface area (Å²) in [4.78, 5) is 16.7. The Morgan fingerprint density at radius 1 is 1.07 bits per heavy atom. The Hall–Kier alpha value is -2.13. The molecule has 2 aromatic rings. The number of nitrogens with zero attached hydrogens (tertiary/aromatic N) is 2. The van der Waals surface area contributed by atoms with Crippen LogP contribution in [-0.2, 0) is 14.8 Å². The number of amides is 1. The number of nitrogens with one attached hydrogen (secondary N) is 1. The lowest BCUT2D eigenvalue weighted by atomic mass is 10.2. The van der Waals surface area contributed by atoms with Crippen molar-refractivity contribution in [3.8, 4) is 5.75 Å². The van der Waals surface area contributed by atoms with Gasteiger partial charge in [-0.1, -0.05) is 41.9 Å². The molecule has 162 valence electrons. The molecule has 0 saturated carbocycles. The summed E-state index contributed by atoms with van der Waals surface area (Å²) in [5.74, 6) is 0.439. The molecule has 1 aliphatic heterocycles. The van der Waals surface area contributed by atoms with E-state index in [9.17, 15) is 13.2 Å². The molecule has 1 saturated heterocycles. The first kappa shape index (κ1) is 22.6. The Labute approximate surface area is 182 Å². The molecule has 9 heteroatoms. The molecule has 0 unspecified atom stereocenters. The Kier molecular flexibility index (Phi) is 7.71. The van der Waals surface area contributed by atoms with Gasteiger partial charge in [0.05, 0.1) is 16.0 Å². The van der Waals surface area contributed by atoms with E-state index < -0.39 is 16.1 Å². The summed E-state index contributed by atoms with van der Waals surface area (Å²) < 4.78 is 33.0. The van der Waals surface area contributed by atoms with Crippen LogP contribution in [0.3, 0.4) is 0 Å². The maximum atomic E-state index is 12.7. The van der Waals surface area contributed by atoms with E-state index in [-0.39, 0.29) is 10.8 Å². The van der Waals surface area contributed by atoms with Gasteiger partial charge in [0.25, 0.3) is 0 Å². The smallest absolute Gasteiger partial charge is 0.241 e. The summed E-state index contributed by atoms with van der Waals surface area (Å²) in [6, 6.07) is 14.6. The number of rotatable bonds is 8. The lowest BCUT2D eigenvalue weighted by Gasteiger charge is -2.35. The Morgan fingerprint density at radius 3 is 2.37 bits per heavy atom. The van der Waals surface area contributed by atoms with Crippen LogP contribution in [0.4, 0.5) is 0 Å². The minimum atomic E-state index is -3.73. The first-order chi connectivity index (χ1) is 14.4. The summed E-state index contributed by atoms with van der Waals surface area (Å²) >= 11 is 6.08. The van der Waals surface area contributed by atoms with Crippen molar-refractivity contribution in [1.29, 1.82) is 0 Å². The van der Waals surface area contributed by atoms with Crippen molar-refractivity contribution in [3.63, 3.8) is 0 Å². The quantitative estimate of drug-likeness (QED) is 0.665. The zero-order valence-corrected chi connectivity index (χ0v) is 18.4. The highest BCUT2D eigenvalue weighted by atomic mass is 35.5. The number of carbonyl (C=O) groups is 1. The highest BCUT2D eigenvalue weighted by Gasteiger charge is 2.28. The first-order valence-corrected chi connectivity index (χ1v) is 11.7. The van der Waals surface area contributed by atoms with Crippen LogP contribution in [0.15, 0.2) is 59.5 Å². The van der Waals surface area contributed by atoms with Gasteiger partial charge in [0.2, 0.25) is 15.9 Å². The second-order valence-corrected chi connectivity index (χ2v) is 9.22. The van der Waals surface area contributed by atoms with Gasteiger partial charge in [-0.15, -0.1) is 0 Å². The maximum Gasteiger partial charge on any atom is 0.241 e. The highest BCUT2D eigenvalue weighted by molar-refractivity contribution is 7.89. The molecule has 7 nitrogen and oxygen atoms in total. The third-order valence-electron chi connectivity index (χ3n) is 4.94. The summed E-state index contributed by atoms with van der Waals surface area (Å²) in [6.07, 6.45) is 0. The lowest BCUT2D eigenvalue weighted by molar-refractivity contribution is -0.134. The van der Waals surface area contributed by atoms with Gasteiger partial charge in [-0.3, -0.25) is 9.69 Å². The van der Waals surface area contributed by atoms with E-state index in [1.54, 1.807) is 36.1 Å². The number of benzene rings is 2. The fourth-order valence-corrected chi connectivity index (χ4v) is 4.67. The van der Waals surface area contributed by atoms with E-state index in [4.69, 9.17) is 16.3 Å². The van der Waals surface area contributed by atoms with Crippen molar-refractivity contribution in [2.45, 2.75) is 17.9 Å². The molecule has 30 heavy (non-hydrogen) atoms. The minimum absolute atomic E-state index is 0.146. The maximum absolute atomic E-state index is 12.7. The van der Waals surface area contributed by atoms with Gasteiger partial charge >= 0.3 is 0 Å². The Morgan fingerprint density at radius 2 is 1.70 bits per heavy atom. The van der Waals surface area contributed by atoms with Crippen molar-refractivity contribution in [2.75, 3.05) is 39.3 Å². The van der Waals surface area contributed by atoms with Gasteiger partial charge in [-0.25, -0.2) is 8.42 Å². The van der Waals surface area contributed by atoms with E-state index >= 15 is 0 Å². The molecule has 1 amide bonds. The number of para-hydroxylation sites is 1. The number of halogens is 1. The second kappa shape index (κ2) is 10.3. The van der Waals surface area contributed by atoms with E-state index in [0.717, 1.165) is 6.54 Å². The lowest BCUT2D eigenvalue weighted by Crippen LogP contribution is -2.54. The second-order valence-electron chi connectivity index (χ2n) is 7.10. The molecule has 0 radical (unpaired) electrons. The van der Waals surface area contributed by atoms with Crippen LogP contribution in [0.2, 0.25) is 5.02 Å².